The molecule has 0 aromatic heterocycles. The zero-order chi connectivity index (χ0) is 14.0. The van der Waals surface area contributed by atoms with Crippen molar-refractivity contribution in [3.05, 3.63) is 0 Å². The van der Waals surface area contributed by atoms with E-state index in [0.29, 0.717) is 0 Å². The maximum absolute atomic E-state index is 2.47. The molecule has 1 saturated carbocycles. The highest BCUT2D eigenvalue weighted by atomic mass is 14.2. The standard InChI is InChI=1S/C16H32.C2H6/c1-13(2)15(4)11-10-14(3)12-16-8-6-5-7-9-16;1-2/h13-16H,5-12H2,1-4H3;1-2H3. The summed E-state index contributed by atoms with van der Waals surface area (Å²) in [4.78, 5) is 0. The Morgan fingerprint density at radius 1 is 0.833 bits per heavy atom. The lowest BCUT2D eigenvalue weighted by molar-refractivity contribution is 0.270. The fourth-order valence-corrected chi connectivity index (χ4v) is 2.99. The van der Waals surface area contributed by atoms with Crippen molar-refractivity contribution in [1.82, 2.24) is 0 Å². The fourth-order valence-electron chi connectivity index (χ4n) is 2.99. The van der Waals surface area contributed by atoms with Crippen LogP contribution in [0, 0.1) is 23.7 Å². The number of hydrogen-bond acceptors (Lipinski definition) is 0. The first-order valence-electron chi connectivity index (χ1n) is 8.59. The molecule has 0 nitrogen and oxygen atoms in total. The van der Waals surface area contributed by atoms with Crippen LogP contribution in [0.4, 0.5) is 0 Å². The lowest BCUT2D eigenvalue weighted by Crippen LogP contribution is -2.12. The molecule has 0 saturated heterocycles. The van der Waals surface area contributed by atoms with Crippen LogP contribution in [0.3, 0.4) is 0 Å². The Labute approximate surface area is 117 Å². The Bertz CT molecular complexity index is 165. The van der Waals surface area contributed by atoms with Crippen LogP contribution < -0.4 is 0 Å². The Hall–Kier alpha value is 0. The SMILES string of the molecule is CC.CC(CCC(C)C(C)C)CC1CCCCC1. The van der Waals surface area contributed by atoms with Crippen LogP contribution >= 0.6 is 0 Å². The molecule has 1 aliphatic carbocycles. The highest BCUT2D eigenvalue weighted by molar-refractivity contribution is 4.69. The summed E-state index contributed by atoms with van der Waals surface area (Å²) >= 11 is 0. The van der Waals surface area contributed by atoms with Gasteiger partial charge in [-0.2, -0.15) is 0 Å². The third kappa shape index (κ3) is 8.16. The van der Waals surface area contributed by atoms with Crippen LogP contribution in [0.2, 0.25) is 0 Å². The molecule has 0 amide bonds. The zero-order valence-electron chi connectivity index (χ0n) is 14.0. The van der Waals surface area contributed by atoms with E-state index < -0.39 is 0 Å². The van der Waals surface area contributed by atoms with Gasteiger partial charge in [-0.05, 0) is 30.1 Å². The van der Waals surface area contributed by atoms with E-state index in [2.05, 4.69) is 27.7 Å². The average Bonchev–Trinajstić information content (AvgIpc) is 2.39. The van der Waals surface area contributed by atoms with Crippen LogP contribution in [0.15, 0.2) is 0 Å². The predicted octanol–water partition coefficient (Wildman–Crippen LogP) is 6.69. The summed E-state index contributed by atoms with van der Waals surface area (Å²) < 4.78 is 0. The molecule has 0 aromatic carbocycles. The summed E-state index contributed by atoms with van der Waals surface area (Å²) in [5.41, 5.74) is 0. The Morgan fingerprint density at radius 2 is 1.39 bits per heavy atom. The predicted molar refractivity (Wildman–Crippen MR) is 84.9 cm³/mol. The van der Waals surface area contributed by atoms with Crippen molar-refractivity contribution < 1.29 is 0 Å². The molecule has 0 heterocycles. The van der Waals surface area contributed by atoms with Gasteiger partial charge in [0, 0.05) is 0 Å². The first-order valence-corrected chi connectivity index (χ1v) is 8.59. The van der Waals surface area contributed by atoms with E-state index in [4.69, 9.17) is 0 Å². The summed E-state index contributed by atoms with van der Waals surface area (Å²) in [5, 5.41) is 0. The van der Waals surface area contributed by atoms with Crippen molar-refractivity contribution >= 4 is 0 Å². The minimum Gasteiger partial charge on any atom is -0.0683 e. The lowest BCUT2D eigenvalue weighted by Gasteiger charge is -2.25. The number of rotatable bonds is 6. The van der Waals surface area contributed by atoms with Crippen molar-refractivity contribution in [3.63, 3.8) is 0 Å². The van der Waals surface area contributed by atoms with Crippen molar-refractivity contribution in [2.24, 2.45) is 23.7 Å². The van der Waals surface area contributed by atoms with Gasteiger partial charge in [-0.3, -0.25) is 0 Å². The van der Waals surface area contributed by atoms with E-state index in [1.54, 1.807) is 0 Å². The van der Waals surface area contributed by atoms with Crippen LogP contribution in [-0.4, -0.2) is 0 Å². The van der Waals surface area contributed by atoms with Gasteiger partial charge in [-0.15, -0.1) is 0 Å². The molecule has 0 spiro atoms. The minimum absolute atomic E-state index is 0.863. The third-order valence-corrected chi connectivity index (χ3v) is 4.71. The van der Waals surface area contributed by atoms with Crippen LogP contribution in [-0.2, 0) is 0 Å². The van der Waals surface area contributed by atoms with Gasteiger partial charge in [-0.25, -0.2) is 0 Å². The van der Waals surface area contributed by atoms with Crippen LogP contribution in [0.5, 0.6) is 0 Å². The molecule has 0 N–H and O–H groups in total. The molecule has 2 atom stereocenters. The van der Waals surface area contributed by atoms with Gasteiger partial charge in [0.1, 0.15) is 0 Å². The third-order valence-electron chi connectivity index (χ3n) is 4.71. The van der Waals surface area contributed by atoms with E-state index in [1.165, 1.54) is 51.4 Å². The molecule has 0 bridgehead atoms. The Kier molecular flexibility index (Phi) is 10.9. The maximum Gasteiger partial charge on any atom is -0.0412 e. The van der Waals surface area contributed by atoms with Gasteiger partial charge in [0.05, 0.1) is 0 Å². The molecule has 0 heteroatoms. The van der Waals surface area contributed by atoms with Crippen LogP contribution in [0.1, 0.15) is 92.9 Å². The quantitative estimate of drug-likeness (QED) is 0.495. The number of hydrogen-bond donors (Lipinski definition) is 0. The second-order valence-electron chi connectivity index (χ2n) is 6.64. The van der Waals surface area contributed by atoms with Gasteiger partial charge in [0.25, 0.3) is 0 Å². The van der Waals surface area contributed by atoms with E-state index in [1.807, 2.05) is 13.8 Å². The highest BCUT2D eigenvalue weighted by Crippen LogP contribution is 2.31. The minimum atomic E-state index is 0.863. The van der Waals surface area contributed by atoms with E-state index >= 15 is 0 Å². The molecular formula is C18H38. The van der Waals surface area contributed by atoms with Gasteiger partial charge < -0.3 is 0 Å². The van der Waals surface area contributed by atoms with E-state index in [9.17, 15) is 0 Å². The normalized spacial score (nSPS) is 20.2. The van der Waals surface area contributed by atoms with Crippen LogP contribution in [0.25, 0.3) is 0 Å². The van der Waals surface area contributed by atoms with Gasteiger partial charge in [0.15, 0.2) is 0 Å². The van der Waals surface area contributed by atoms with Crippen molar-refractivity contribution in [2.45, 2.75) is 92.9 Å². The van der Waals surface area contributed by atoms with E-state index in [-0.39, 0.29) is 0 Å². The first kappa shape index (κ1) is 18.0. The summed E-state index contributed by atoms with van der Waals surface area (Å²) in [5.74, 6) is 3.80. The van der Waals surface area contributed by atoms with Gasteiger partial charge >= 0.3 is 0 Å². The molecule has 0 aliphatic heterocycles. The lowest BCUT2D eigenvalue weighted by atomic mass is 9.81. The molecular weight excluding hydrogens is 216 g/mol. The summed E-state index contributed by atoms with van der Waals surface area (Å²) in [6.45, 7) is 13.6. The summed E-state index contributed by atoms with van der Waals surface area (Å²) in [6, 6.07) is 0. The molecule has 1 fully saturated rings. The van der Waals surface area contributed by atoms with E-state index in [0.717, 1.165) is 23.7 Å². The van der Waals surface area contributed by atoms with Gasteiger partial charge in [-0.1, -0.05) is 86.5 Å². The average molecular weight is 255 g/mol. The topological polar surface area (TPSA) is 0 Å². The second-order valence-corrected chi connectivity index (χ2v) is 6.64. The maximum atomic E-state index is 2.47. The molecule has 1 rings (SSSR count). The summed E-state index contributed by atoms with van der Waals surface area (Å²) in [6.07, 6.45) is 11.9. The summed E-state index contributed by atoms with van der Waals surface area (Å²) in [7, 11) is 0. The smallest absolute Gasteiger partial charge is 0.0412 e. The molecule has 2 unspecified atom stereocenters. The van der Waals surface area contributed by atoms with Crippen molar-refractivity contribution in [1.29, 1.82) is 0 Å². The molecule has 1 aliphatic rings. The Morgan fingerprint density at radius 3 is 1.89 bits per heavy atom. The fraction of sp³-hybridized carbons (Fsp3) is 1.00. The first-order chi connectivity index (χ1) is 8.59. The molecule has 18 heavy (non-hydrogen) atoms. The van der Waals surface area contributed by atoms with Gasteiger partial charge in [0.2, 0.25) is 0 Å². The highest BCUT2D eigenvalue weighted by Gasteiger charge is 2.17. The largest absolute Gasteiger partial charge is 0.0683 e. The van der Waals surface area contributed by atoms with Crippen molar-refractivity contribution in [3.8, 4) is 0 Å². The molecule has 0 aromatic rings. The second kappa shape index (κ2) is 10.9. The van der Waals surface area contributed by atoms with Crippen molar-refractivity contribution in [2.75, 3.05) is 0 Å². The Balaban J connectivity index is 0.00000137. The molecule has 110 valence electrons. The molecule has 0 radical (unpaired) electrons. The monoisotopic (exact) mass is 254 g/mol. The zero-order valence-corrected chi connectivity index (χ0v) is 14.0.